The lowest BCUT2D eigenvalue weighted by molar-refractivity contribution is 0.0950. The van der Waals surface area contributed by atoms with Crippen LogP contribution in [0.4, 0.5) is 0 Å². The predicted octanol–water partition coefficient (Wildman–Crippen LogP) is 3.39. The summed E-state index contributed by atoms with van der Waals surface area (Å²) in [6.45, 7) is 4.39. The molecular weight excluding hydrogens is 410 g/mol. The van der Waals surface area contributed by atoms with E-state index in [0.717, 1.165) is 22.5 Å². The minimum Gasteiger partial charge on any atom is -0.493 e. The highest BCUT2D eigenvalue weighted by Gasteiger charge is 2.14. The average molecular weight is 433 g/mol. The highest BCUT2D eigenvalue weighted by atomic mass is 16.5. The Bertz CT molecular complexity index is 1180. The molecular formula is C23H23N5O4. The smallest absolute Gasteiger partial charge is 0.251 e. The fraction of sp³-hybridized carbons (Fsp3) is 0.217. The van der Waals surface area contributed by atoms with E-state index in [1.807, 2.05) is 38.1 Å². The van der Waals surface area contributed by atoms with Gasteiger partial charge in [0.15, 0.2) is 11.5 Å². The second-order valence-corrected chi connectivity index (χ2v) is 7.15. The maximum Gasteiger partial charge on any atom is 0.251 e. The van der Waals surface area contributed by atoms with Crippen molar-refractivity contribution >= 4 is 5.91 Å². The lowest BCUT2D eigenvalue weighted by atomic mass is 10.1. The first-order chi connectivity index (χ1) is 15.5. The van der Waals surface area contributed by atoms with Gasteiger partial charge < -0.3 is 19.3 Å². The van der Waals surface area contributed by atoms with Gasteiger partial charge in [-0.2, -0.15) is 5.10 Å². The summed E-state index contributed by atoms with van der Waals surface area (Å²) in [7, 11) is 1.54. The zero-order valence-electron chi connectivity index (χ0n) is 18.0. The third kappa shape index (κ3) is 4.61. The third-order valence-corrected chi connectivity index (χ3v) is 5.05. The van der Waals surface area contributed by atoms with E-state index in [0.29, 0.717) is 36.0 Å². The number of benzene rings is 2. The molecule has 0 spiro atoms. The summed E-state index contributed by atoms with van der Waals surface area (Å²) in [4.78, 5) is 16.6. The monoisotopic (exact) mass is 433 g/mol. The van der Waals surface area contributed by atoms with E-state index in [9.17, 15) is 4.79 Å². The van der Waals surface area contributed by atoms with Gasteiger partial charge in [0.05, 0.1) is 24.1 Å². The molecule has 4 aromatic rings. The number of carbonyl (C=O) groups is 1. The maximum absolute atomic E-state index is 12.6. The number of nitrogens with zero attached hydrogens (tertiary/aromatic N) is 4. The molecule has 2 heterocycles. The first-order valence-electron chi connectivity index (χ1n) is 10.00. The molecule has 32 heavy (non-hydrogen) atoms. The van der Waals surface area contributed by atoms with Gasteiger partial charge in [0, 0.05) is 12.1 Å². The second-order valence-electron chi connectivity index (χ2n) is 7.15. The molecule has 0 saturated carbocycles. The van der Waals surface area contributed by atoms with Crippen LogP contribution in [0.3, 0.4) is 0 Å². The van der Waals surface area contributed by atoms with Crippen molar-refractivity contribution in [3.63, 3.8) is 0 Å². The van der Waals surface area contributed by atoms with Gasteiger partial charge in [-0.3, -0.25) is 4.79 Å². The van der Waals surface area contributed by atoms with Gasteiger partial charge in [-0.25, -0.2) is 9.67 Å². The molecule has 9 nitrogen and oxygen atoms in total. The number of aryl methyl sites for hydroxylation is 2. The molecule has 0 aliphatic carbocycles. The molecule has 0 aliphatic rings. The molecule has 0 radical (unpaired) electrons. The Labute approximate surface area is 185 Å². The molecule has 0 fully saturated rings. The van der Waals surface area contributed by atoms with Crippen molar-refractivity contribution in [2.24, 2.45) is 0 Å². The van der Waals surface area contributed by atoms with Gasteiger partial charge >= 0.3 is 0 Å². The van der Waals surface area contributed by atoms with Crippen LogP contribution in [-0.2, 0) is 13.2 Å². The van der Waals surface area contributed by atoms with Gasteiger partial charge in [-0.1, -0.05) is 17.3 Å². The number of amides is 1. The highest BCUT2D eigenvalue weighted by molar-refractivity contribution is 5.94. The van der Waals surface area contributed by atoms with Gasteiger partial charge in [0.1, 0.15) is 25.0 Å². The van der Waals surface area contributed by atoms with Crippen LogP contribution in [0.1, 0.15) is 32.9 Å². The number of methoxy groups -OCH3 is 1. The van der Waals surface area contributed by atoms with Gasteiger partial charge in [0.2, 0.25) is 0 Å². The minimum atomic E-state index is -0.207. The summed E-state index contributed by atoms with van der Waals surface area (Å²) in [5.74, 6) is 1.52. The summed E-state index contributed by atoms with van der Waals surface area (Å²) < 4.78 is 18.1. The first-order valence-corrected chi connectivity index (χ1v) is 10.00. The van der Waals surface area contributed by atoms with Crippen molar-refractivity contribution in [1.29, 1.82) is 0 Å². The highest BCUT2D eigenvalue weighted by Crippen LogP contribution is 2.29. The Kier molecular flexibility index (Phi) is 6.16. The maximum atomic E-state index is 12.6. The number of hydrogen-bond donors (Lipinski definition) is 1. The quantitative estimate of drug-likeness (QED) is 0.454. The standard InChI is InChI=1S/C23H23N5O4/c1-15-20(16(2)32-27-15)12-31-21-9-6-18(10-22(21)30-3)23(29)25-11-17-4-7-19(8-5-17)28-14-24-13-26-28/h4-10,13-14H,11-12H2,1-3H3,(H,25,29). The van der Waals surface area contributed by atoms with Crippen LogP contribution < -0.4 is 14.8 Å². The van der Waals surface area contributed by atoms with Gasteiger partial charge in [-0.05, 0) is 49.7 Å². The zero-order valence-corrected chi connectivity index (χ0v) is 18.0. The number of ether oxygens (including phenoxy) is 2. The molecule has 1 N–H and O–H groups in total. The molecule has 2 aromatic heterocycles. The molecule has 4 rings (SSSR count). The van der Waals surface area contributed by atoms with Crippen LogP contribution in [0, 0.1) is 13.8 Å². The van der Waals surface area contributed by atoms with Gasteiger partial charge in [0.25, 0.3) is 5.91 Å². The van der Waals surface area contributed by atoms with E-state index >= 15 is 0 Å². The predicted molar refractivity (Wildman–Crippen MR) is 116 cm³/mol. The van der Waals surface area contributed by atoms with Crippen molar-refractivity contribution in [2.75, 3.05) is 7.11 Å². The number of aromatic nitrogens is 4. The van der Waals surface area contributed by atoms with Crippen molar-refractivity contribution < 1.29 is 18.8 Å². The second kappa shape index (κ2) is 9.34. The van der Waals surface area contributed by atoms with Crippen molar-refractivity contribution in [2.45, 2.75) is 27.0 Å². The average Bonchev–Trinajstić information content (AvgIpc) is 3.47. The van der Waals surface area contributed by atoms with E-state index in [1.54, 1.807) is 29.2 Å². The van der Waals surface area contributed by atoms with Crippen LogP contribution in [0.25, 0.3) is 5.69 Å². The minimum absolute atomic E-state index is 0.207. The Morgan fingerprint density at radius 1 is 1.12 bits per heavy atom. The van der Waals surface area contributed by atoms with Gasteiger partial charge in [-0.15, -0.1) is 0 Å². The zero-order chi connectivity index (χ0) is 22.5. The van der Waals surface area contributed by atoms with Crippen LogP contribution in [0.15, 0.2) is 59.6 Å². The van der Waals surface area contributed by atoms with E-state index in [1.165, 1.54) is 13.4 Å². The molecule has 164 valence electrons. The number of nitrogens with one attached hydrogen (secondary N) is 1. The SMILES string of the molecule is COc1cc(C(=O)NCc2ccc(-n3cncn3)cc2)ccc1OCc1c(C)noc1C. The number of rotatable bonds is 8. The van der Waals surface area contributed by atoms with Crippen LogP contribution >= 0.6 is 0 Å². The van der Waals surface area contributed by atoms with E-state index < -0.39 is 0 Å². The Balaban J connectivity index is 1.38. The van der Waals surface area contributed by atoms with Crippen molar-refractivity contribution in [1.82, 2.24) is 25.2 Å². The molecule has 0 bridgehead atoms. The molecule has 0 saturated heterocycles. The summed E-state index contributed by atoms with van der Waals surface area (Å²) in [6, 6.07) is 12.8. The Morgan fingerprint density at radius 3 is 2.59 bits per heavy atom. The largest absolute Gasteiger partial charge is 0.493 e. The summed E-state index contributed by atoms with van der Waals surface area (Å²) >= 11 is 0. The Morgan fingerprint density at radius 2 is 1.94 bits per heavy atom. The molecule has 1 amide bonds. The summed E-state index contributed by atoms with van der Waals surface area (Å²) in [6.07, 6.45) is 3.11. The van der Waals surface area contributed by atoms with E-state index in [2.05, 4.69) is 20.6 Å². The lowest BCUT2D eigenvalue weighted by Crippen LogP contribution is -2.22. The van der Waals surface area contributed by atoms with Crippen molar-refractivity contribution in [3.05, 3.63) is 83.3 Å². The molecule has 0 aliphatic heterocycles. The summed E-state index contributed by atoms with van der Waals surface area (Å²) in [5.41, 5.74) is 4.02. The number of carbonyl (C=O) groups excluding carboxylic acids is 1. The van der Waals surface area contributed by atoms with Crippen molar-refractivity contribution in [3.8, 4) is 17.2 Å². The first kappa shape index (κ1) is 21.1. The van der Waals surface area contributed by atoms with Crippen LogP contribution in [0.2, 0.25) is 0 Å². The normalized spacial score (nSPS) is 10.7. The molecule has 2 aromatic carbocycles. The molecule has 9 heteroatoms. The summed E-state index contributed by atoms with van der Waals surface area (Å²) in [5, 5.41) is 10.9. The number of hydrogen-bond acceptors (Lipinski definition) is 7. The third-order valence-electron chi connectivity index (χ3n) is 5.05. The Hall–Kier alpha value is -4.14. The molecule has 0 unspecified atom stereocenters. The van der Waals surface area contributed by atoms with E-state index in [-0.39, 0.29) is 5.91 Å². The molecule has 0 atom stereocenters. The topological polar surface area (TPSA) is 104 Å². The fourth-order valence-electron chi connectivity index (χ4n) is 3.18. The van der Waals surface area contributed by atoms with Crippen LogP contribution in [-0.4, -0.2) is 32.9 Å². The van der Waals surface area contributed by atoms with E-state index in [4.69, 9.17) is 14.0 Å². The van der Waals surface area contributed by atoms with Crippen LogP contribution in [0.5, 0.6) is 11.5 Å². The lowest BCUT2D eigenvalue weighted by Gasteiger charge is -2.12. The fourth-order valence-corrected chi connectivity index (χ4v) is 3.18.